The number of furan rings is 1. The van der Waals surface area contributed by atoms with Crippen LogP contribution in [0.3, 0.4) is 0 Å². The van der Waals surface area contributed by atoms with E-state index < -0.39 is 16.1 Å². The van der Waals surface area contributed by atoms with Crippen molar-refractivity contribution < 1.29 is 22.4 Å². The highest BCUT2D eigenvalue weighted by molar-refractivity contribution is 7.91. The van der Waals surface area contributed by atoms with Crippen LogP contribution < -0.4 is 10.1 Å². The molecule has 1 aromatic carbocycles. The lowest BCUT2D eigenvalue weighted by Crippen LogP contribution is -2.42. The quantitative estimate of drug-likeness (QED) is 0.388. The Hall–Kier alpha value is -2.73. The topological polar surface area (TPSA) is 102 Å². The fourth-order valence-electron chi connectivity index (χ4n) is 3.85. The average molecular weight is 504 g/mol. The summed E-state index contributed by atoms with van der Waals surface area (Å²) in [4.78, 5) is 17.4. The van der Waals surface area contributed by atoms with Crippen molar-refractivity contribution in [1.29, 1.82) is 0 Å². The van der Waals surface area contributed by atoms with Gasteiger partial charge in [-0.1, -0.05) is 6.07 Å². The first kappa shape index (κ1) is 22.1. The maximum Gasteiger partial charge on any atom is 0.253 e. The summed E-state index contributed by atoms with van der Waals surface area (Å²) in [6.45, 7) is 2.83. The van der Waals surface area contributed by atoms with Crippen LogP contribution in [0.15, 0.2) is 55.8 Å². The van der Waals surface area contributed by atoms with Crippen LogP contribution in [0, 0.1) is 0 Å². The van der Waals surface area contributed by atoms with E-state index in [1.165, 1.54) is 15.6 Å². The average Bonchev–Trinajstić information content (AvgIpc) is 3.60. The maximum atomic E-state index is 12.9. The molecule has 3 aromatic heterocycles. The molecule has 0 bridgehead atoms. The molecule has 172 valence electrons. The second kappa shape index (κ2) is 8.90. The molecule has 4 aromatic rings. The fourth-order valence-corrected chi connectivity index (χ4v) is 7.33. The number of amides is 1. The smallest absolute Gasteiger partial charge is 0.253 e. The molecule has 1 N–H and O–H groups in total. The minimum atomic E-state index is -3.69. The molecule has 5 rings (SSSR count). The highest BCUT2D eigenvalue weighted by Crippen LogP contribution is 2.33. The Balaban J connectivity index is 1.32. The first-order chi connectivity index (χ1) is 16.0. The first-order valence-corrected chi connectivity index (χ1v) is 13.6. The lowest BCUT2D eigenvalue weighted by Gasteiger charge is -2.22. The van der Waals surface area contributed by atoms with E-state index in [-0.39, 0.29) is 10.1 Å². The van der Waals surface area contributed by atoms with Crippen LogP contribution in [0.5, 0.6) is 5.75 Å². The molecule has 1 atom stereocenters. The number of thiophene rings is 1. The number of sulfonamides is 1. The molecule has 1 fully saturated rings. The van der Waals surface area contributed by atoms with E-state index in [1.54, 1.807) is 22.9 Å². The number of carbonyl (C=O) groups excluding carboxylic acids is 1. The van der Waals surface area contributed by atoms with Crippen LogP contribution in [-0.4, -0.2) is 42.8 Å². The minimum absolute atomic E-state index is 0.246. The van der Waals surface area contributed by atoms with Crippen LogP contribution in [0.4, 0.5) is 5.13 Å². The number of hydrogen-bond acceptors (Lipinski definition) is 8. The number of fused-ring (bicyclic) bond motifs is 1. The summed E-state index contributed by atoms with van der Waals surface area (Å²) in [6, 6.07) is 9.98. The Morgan fingerprint density at radius 2 is 2.18 bits per heavy atom. The second-order valence-electron chi connectivity index (χ2n) is 7.48. The number of benzene rings is 1. The molecular weight excluding hydrogens is 482 g/mol. The van der Waals surface area contributed by atoms with Gasteiger partial charge in [0, 0.05) is 17.3 Å². The normalized spacial score (nSPS) is 16.9. The predicted molar refractivity (Wildman–Crippen MR) is 128 cm³/mol. The number of rotatable bonds is 7. The molecule has 1 amide bonds. The molecule has 1 saturated heterocycles. The van der Waals surface area contributed by atoms with E-state index in [0.717, 1.165) is 22.5 Å². The lowest BCUT2D eigenvalue weighted by molar-refractivity contribution is -0.119. The summed E-state index contributed by atoms with van der Waals surface area (Å²) in [7, 11) is -3.69. The molecule has 0 aliphatic carbocycles. The number of thiazole rings is 1. The van der Waals surface area contributed by atoms with Crippen LogP contribution in [0.1, 0.15) is 19.8 Å². The van der Waals surface area contributed by atoms with Crippen LogP contribution in [0.2, 0.25) is 0 Å². The first-order valence-electron chi connectivity index (χ1n) is 10.4. The monoisotopic (exact) mass is 503 g/mol. The molecular formula is C22H21N3O5S3. The van der Waals surface area contributed by atoms with Crippen molar-refractivity contribution in [2.75, 3.05) is 18.5 Å². The highest BCUT2D eigenvalue weighted by Gasteiger charge is 2.40. The number of carbonyl (C=O) groups is 1. The Kier molecular flexibility index (Phi) is 5.95. The Morgan fingerprint density at radius 1 is 1.30 bits per heavy atom. The summed E-state index contributed by atoms with van der Waals surface area (Å²) in [5, 5.41) is 7.59. The van der Waals surface area contributed by atoms with Gasteiger partial charge >= 0.3 is 0 Å². The largest absolute Gasteiger partial charge is 0.494 e. The standard InChI is InChI=1S/C22H21N3O5S3/c1-2-29-15-7-8-18-14(11-15)12-19(30-18)16-13-32-22(23-16)24-21(26)17-5-3-9-25(17)33(27,28)20-6-4-10-31-20/h4,6-8,10-13,17H,2-3,5,9H2,1H3,(H,23,24,26). The van der Waals surface area contributed by atoms with Crippen LogP contribution in [0.25, 0.3) is 22.4 Å². The van der Waals surface area contributed by atoms with Crippen LogP contribution >= 0.6 is 22.7 Å². The highest BCUT2D eigenvalue weighted by atomic mass is 32.2. The SMILES string of the molecule is CCOc1ccc2oc(-c3csc(NC(=O)C4CCCN4S(=O)(=O)c4cccs4)n3)cc2c1. The summed E-state index contributed by atoms with van der Waals surface area (Å²) < 4.78 is 38.8. The molecule has 33 heavy (non-hydrogen) atoms. The van der Waals surface area contributed by atoms with Gasteiger partial charge in [0.1, 0.15) is 27.3 Å². The van der Waals surface area contributed by atoms with Crippen molar-refractivity contribution in [1.82, 2.24) is 9.29 Å². The zero-order valence-electron chi connectivity index (χ0n) is 17.7. The number of ether oxygens (including phenoxy) is 1. The fraction of sp³-hybridized carbons (Fsp3) is 0.273. The Bertz CT molecular complexity index is 1390. The molecule has 1 unspecified atom stereocenters. The number of aromatic nitrogens is 1. The van der Waals surface area contributed by atoms with Gasteiger partial charge < -0.3 is 14.5 Å². The van der Waals surface area contributed by atoms with Crippen molar-refractivity contribution in [3.63, 3.8) is 0 Å². The molecule has 8 nitrogen and oxygen atoms in total. The van der Waals surface area contributed by atoms with E-state index >= 15 is 0 Å². The van der Waals surface area contributed by atoms with Crippen molar-refractivity contribution in [2.45, 2.75) is 30.0 Å². The van der Waals surface area contributed by atoms with Crippen molar-refractivity contribution in [2.24, 2.45) is 0 Å². The van der Waals surface area contributed by atoms with E-state index in [9.17, 15) is 13.2 Å². The third kappa shape index (κ3) is 4.29. The van der Waals surface area contributed by atoms with E-state index in [4.69, 9.17) is 9.15 Å². The number of anilines is 1. The Labute approximate surface area is 198 Å². The van der Waals surface area contributed by atoms with Crippen LogP contribution in [-0.2, 0) is 14.8 Å². The number of hydrogen-bond donors (Lipinski definition) is 1. The summed E-state index contributed by atoms with van der Waals surface area (Å²) in [6.07, 6.45) is 1.11. The molecule has 11 heteroatoms. The summed E-state index contributed by atoms with van der Waals surface area (Å²) in [5.74, 6) is 0.972. The zero-order valence-corrected chi connectivity index (χ0v) is 20.1. The third-order valence-corrected chi connectivity index (χ3v) is 9.39. The van der Waals surface area contributed by atoms with E-state index in [0.29, 0.717) is 48.2 Å². The van der Waals surface area contributed by atoms with Gasteiger partial charge in [-0.15, -0.1) is 22.7 Å². The van der Waals surface area contributed by atoms with Gasteiger partial charge in [0.25, 0.3) is 10.0 Å². The molecule has 4 heterocycles. The third-order valence-electron chi connectivity index (χ3n) is 5.35. The Morgan fingerprint density at radius 3 is 2.97 bits per heavy atom. The van der Waals surface area contributed by atoms with Gasteiger partial charge in [0.2, 0.25) is 5.91 Å². The van der Waals surface area contributed by atoms with Gasteiger partial charge in [0.15, 0.2) is 10.9 Å². The van der Waals surface area contributed by atoms with Gasteiger partial charge in [-0.05, 0) is 55.5 Å². The molecule has 0 saturated carbocycles. The van der Waals surface area contributed by atoms with E-state index in [1.807, 2.05) is 31.2 Å². The van der Waals surface area contributed by atoms with E-state index in [2.05, 4.69) is 10.3 Å². The van der Waals surface area contributed by atoms with Gasteiger partial charge in [-0.3, -0.25) is 4.79 Å². The number of nitrogens with one attached hydrogen (secondary N) is 1. The molecule has 1 aliphatic heterocycles. The molecule has 1 aliphatic rings. The predicted octanol–water partition coefficient (Wildman–Crippen LogP) is 4.81. The van der Waals surface area contributed by atoms with Crippen molar-refractivity contribution >= 4 is 54.7 Å². The van der Waals surface area contributed by atoms with Crippen molar-refractivity contribution in [3.8, 4) is 17.2 Å². The van der Waals surface area contributed by atoms with Gasteiger partial charge in [-0.25, -0.2) is 13.4 Å². The lowest BCUT2D eigenvalue weighted by atomic mass is 10.2. The second-order valence-corrected chi connectivity index (χ2v) is 11.4. The summed E-state index contributed by atoms with van der Waals surface area (Å²) in [5.41, 5.74) is 1.31. The zero-order chi connectivity index (χ0) is 23.0. The van der Waals surface area contributed by atoms with Gasteiger partial charge in [-0.2, -0.15) is 4.31 Å². The van der Waals surface area contributed by atoms with Gasteiger partial charge in [0.05, 0.1) is 6.61 Å². The summed E-state index contributed by atoms with van der Waals surface area (Å²) >= 11 is 2.42. The van der Waals surface area contributed by atoms with Crippen molar-refractivity contribution in [3.05, 3.63) is 47.2 Å². The minimum Gasteiger partial charge on any atom is -0.494 e. The molecule has 0 spiro atoms. The maximum absolute atomic E-state index is 12.9. The molecule has 0 radical (unpaired) electrons. The number of nitrogens with zero attached hydrogens (tertiary/aromatic N) is 2.